The van der Waals surface area contributed by atoms with E-state index in [-0.39, 0.29) is 0 Å². The average molecular weight is 177 g/mol. The lowest BCUT2D eigenvalue weighted by Gasteiger charge is -2.29. The number of hydrogen-bond acceptors (Lipinski definition) is 1. The summed E-state index contributed by atoms with van der Waals surface area (Å²) in [4.78, 5) is 0. The zero-order chi connectivity index (χ0) is 9.03. The van der Waals surface area contributed by atoms with Crippen LogP contribution in [0.1, 0.15) is 39.0 Å². The van der Waals surface area contributed by atoms with Crippen LogP contribution >= 0.6 is 0 Å². The summed E-state index contributed by atoms with van der Waals surface area (Å²) in [6.45, 7) is 2.71. The summed E-state index contributed by atoms with van der Waals surface area (Å²) in [5.74, 6) is 0. The number of hydrogen-bond donors (Lipinski definition) is 1. The lowest BCUT2D eigenvalue weighted by molar-refractivity contribution is 0.0335. The lowest BCUT2D eigenvalue weighted by Crippen LogP contribution is -2.49. The second kappa shape index (κ2) is 4.17. The molecule has 0 radical (unpaired) electrons. The van der Waals surface area contributed by atoms with Crippen LogP contribution in [0.4, 0.5) is 8.78 Å². The Hall–Kier alpha value is -0.180. The smallest absolute Gasteiger partial charge is 0.256 e. The molecule has 0 heterocycles. The van der Waals surface area contributed by atoms with Gasteiger partial charge in [-0.3, -0.25) is 0 Å². The van der Waals surface area contributed by atoms with E-state index in [1.807, 2.05) is 6.92 Å². The van der Waals surface area contributed by atoms with E-state index in [0.717, 1.165) is 19.3 Å². The molecule has 1 rings (SSSR count). The zero-order valence-electron chi connectivity index (χ0n) is 7.58. The molecule has 0 aromatic carbocycles. The molecule has 72 valence electrons. The van der Waals surface area contributed by atoms with Crippen molar-refractivity contribution in [1.29, 1.82) is 0 Å². The van der Waals surface area contributed by atoms with Crippen LogP contribution in [0.2, 0.25) is 0 Å². The van der Waals surface area contributed by atoms with Gasteiger partial charge in [0, 0.05) is 0 Å². The van der Waals surface area contributed by atoms with Crippen molar-refractivity contribution in [1.82, 2.24) is 5.32 Å². The Morgan fingerprint density at radius 3 is 2.33 bits per heavy atom. The van der Waals surface area contributed by atoms with E-state index in [2.05, 4.69) is 5.32 Å². The van der Waals surface area contributed by atoms with Crippen LogP contribution in [-0.4, -0.2) is 18.5 Å². The first-order valence-electron chi connectivity index (χ1n) is 4.74. The van der Waals surface area contributed by atoms with Gasteiger partial charge in [0.15, 0.2) is 0 Å². The lowest BCUT2D eigenvalue weighted by atomic mass is 9.98. The monoisotopic (exact) mass is 177 g/mol. The van der Waals surface area contributed by atoms with Crippen LogP contribution in [0.15, 0.2) is 0 Å². The maximum atomic E-state index is 12.7. The van der Waals surface area contributed by atoms with Gasteiger partial charge in [0.1, 0.15) is 0 Å². The standard InChI is InChI=1S/C9H17F2N/c1-2-7-12-9(8(10)11)5-3-4-6-9/h8,12H,2-7H2,1H3. The Morgan fingerprint density at radius 1 is 1.33 bits per heavy atom. The minimum atomic E-state index is -2.20. The minimum Gasteiger partial charge on any atom is -0.306 e. The molecule has 0 aromatic rings. The second-order valence-corrected chi connectivity index (χ2v) is 3.59. The second-order valence-electron chi connectivity index (χ2n) is 3.59. The summed E-state index contributed by atoms with van der Waals surface area (Å²) in [6.07, 6.45) is 1.90. The molecule has 12 heavy (non-hydrogen) atoms. The number of halogens is 2. The number of alkyl halides is 2. The first-order chi connectivity index (χ1) is 5.71. The van der Waals surface area contributed by atoms with E-state index in [0.29, 0.717) is 19.4 Å². The molecule has 1 aliphatic rings. The van der Waals surface area contributed by atoms with E-state index in [9.17, 15) is 8.78 Å². The molecular weight excluding hydrogens is 160 g/mol. The average Bonchev–Trinajstić information content (AvgIpc) is 2.50. The number of nitrogens with one attached hydrogen (secondary N) is 1. The number of rotatable bonds is 4. The van der Waals surface area contributed by atoms with Gasteiger partial charge in [-0.1, -0.05) is 19.8 Å². The van der Waals surface area contributed by atoms with Gasteiger partial charge in [-0.05, 0) is 25.8 Å². The SMILES string of the molecule is CCCNC1(C(F)F)CCCC1. The summed E-state index contributed by atoms with van der Waals surface area (Å²) in [5, 5.41) is 2.99. The molecule has 1 saturated carbocycles. The van der Waals surface area contributed by atoms with Crippen LogP contribution in [0.3, 0.4) is 0 Å². The van der Waals surface area contributed by atoms with Gasteiger partial charge in [0.25, 0.3) is 6.43 Å². The van der Waals surface area contributed by atoms with Crippen molar-refractivity contribution in [2.45, 2.75) is 51.0 Å². The molecule has 0 aromatic heterocycles. The molecule has 0 aliphatic heterocycles. The summed E-state index contributed by atoms with van der Waals surface area (Å²) in [7, 11) is 0. The van der Waals surface area contributed by atoms with Gasteiger partial charge < -0.3 is 5.32 Å². The first kappa shape index (κ1) is 9.90. The molecule has 0 atom stereocenters. The maximum absolute atomic E-state index is 12.7. The van der Waals surface area contributed by atoms with Gasteiger partial charge >= 0.3 is 0 Å². The summed E-state index contributed by atoms with van der Waals surface area (Å²) in [5.41, 5.74) is -0.837. The summed E-state index contributed by atoms with van der Waals surface area (Å²) < 4.78 is 25.3. The van der Waals surface area contributed by atoms with Gasteiger partial charge in [-0.2, -0.15) is 0 Å². The van der Waals surface area contributed by atoms with E-state index in [1.165, 1.54) is 0 Å². The van der Waals surface area contributed by atoms with Crippen molar-refractivity contribution < 1.29 is 8.78 Å². The van der Waals surface area contributed by atoms with Crippen LogP contribution in [0, 0.1) is 0 Å². The van der Waals surface area contributed by atoms with Crippen LogP contribution in [-0.2, 0) is 0 Å². The Morgan fingerprint density at radius 2 is 1.92 bits per heavy atom. The normalized spacial score (nSPS) is 22.0. The van der Waals surface area contributed by atoms with Crippen molar-refractivity contribution in [3.63, 3.8) is 0 Å². The molecule has 1 aliphatic carbocycles. The van der Waals surface area contributed by atoms with E-state index < -0.39 is 12.0 Å². The van der Waals surface area contributed by atoms with Gasteiger partial charge in [-0.15, -0.1) is 0 Å². The predicted octanol–water partition coefficient (Wildman–Crippen LogP) is 2.56. The van der Waals surface area contributed by atoms with Crippen LogP contribution in [0.25, 0.3) is 0 Å². The molecule has 3 heteroatoms. The van der Waals surface area contributed by atoms with E-state index in [1.54, 1.807) is 0 Å². The highest BCUT2D eigenvalue weighted by Gasteiger charge is 2.41. The highest BCUT2D eigenvalue weighted by atomic mass is 19.3. The third-order valence-corrected chi connectivity index (χ3v) is 2.64. The van der Waals surface area contributed by atoms with Crippen LogP contribution in [0.5, 0.6) is 0 Å². The zero-order valence-corrected chi connectivity index (χ0v) is 7.58. The Balaban J connectivity index is 2.47. The van der Waals surface area contributed by atoms with Crippen molar-refractivity contribution >= 4 is 0 Å². The van der Waals surface area contributed by atoms with Gasteiger partial charge in [0.05, 0.1) is 5.54 Å². The predicted molar refractivity (Wildman–Crippen MR) is 45.5 cm³/mol. The summed E-state index contributed by atoms with van der Waals surface area (Å²) >= 11 is 0. The molecule has 1 N–H and O–H groups in total. The fraction of sp³-hybridized carbons (Fsp3) is 1.00. The molecule has 1 fully saturated rings. The van der Waals surface area contributed by atoms with Crippen molar-refractivity contribution in [3.8, 4) is 0 Å². The topological polar surface area (TPSA) is 12.0 Å². The molecular formula is C9H17F2N. The van der Waals surface area contributed by atoms with Crippen LogP contribution < -0.4 is 5.32 Å². The van der Waals surface area contributed by atoms with E-state index in [4.69, 9.17) is 0 Å². The maximum Gasteiger partial charge on any atom is 0.256 e. The molecule has 0 spiro atoms. The Bertz CT molecular complexity index is 130. The van der Waals surface area contributed by atoms with Gasteiger partial charge in [0.2, 0.25) is 0 Å². The third-order valence-electron chi connectivity index (χ3n) is 2.64. The molecule has 0 unspecified atom stereocenters. The fourth-order valence-corrected chi connectivity index (χ4v) is 1.85. The quantitative estimate of drug-likeness (QED) is 0.696. The van der Waals surface area contributed by atoms with Gasteiger partial charge in [-0.25, -0.2) is 8.78 Å². The van der Waals surface area contributed by atoms with Crippen molar-refractivity contribution in [2.75, 3.05) is 6.54 Å². The Labute approximate surface area is 72.5 Å². The highest BCUT2D eigenvalue weighted by Crippen LogP contribution is 2.34. The van der Waals surface area contributed by atoms with Crippen molar-refractivity contribution in [3.05, 3.63) is 0 Å². The fourth-order valence-electron chi connectivity index (χ4n) is 1.85. The third kappa shape index (κ3) is 1.94. The molecule has 0 saturated heterocycles. The highest BCUT2D eigenvalue weighted by molar-refractivity contribution is 4.94. The first-order valence-corrected chi connectivity index (χ1v) is 4.74. The molecule has 0 amide bonds. The molecule has 0 bridgehead atoms. The van der Waals surface area contributed by atoms with E-state index >= 15 is 0 Å². The Kier molecular flexibility index (Phi) is 3.44. The molecule has 1 nitrogen and oxygen atoms in total. The summed E-state index contributed by atoms with van der Waals surface area (Å²) in [6, 6.07) is 0. The van der Waals surface area contributed by atoms with Crippen molar-refractivity contribution in [2.24, 2.45) is 0 Å². The minimum absolute atomic E-state index is 0.644. The largest absolute Gasteiger partial charge is 0.306 e.